The van der Waals surface area contributed by atoms with Crippen LogP contribution >= 0.6 is 0 Å². The van der Waals surface area contributed by atoms with Gasteiger partial charge >= 0.3 is 5.97 Å². The molecule has 9 heteroatoms. The van der Waals surface area contributed by atoms with E-state index in [9.17, 15) is 17.6 Å². The Morgan fingerprint density at radius 3 is 2.41 bits per heavy atom. The summed E-state index contributed by atoms with van der Waals surface area (Å²) in [5.41, 5.74) is 0.695. The van der Waals surface area contributed by atoms with Crippen LogP contribution in [0.2, 0.25) is 0 Å². The van der Waals surface area contributed by atoms with Gasteiger partial charge in [0.1, 0.15) is 22.6 Å². The maximum atomic E-state index is 13.1. The van der Waals surface area contributed by atoms with Crippen molar-refractivity contribution in [2.75, 3.05) is 33.4 Å². The van der Waals surface area contributed by atoms with Crippen molar-refractivity contribution in [1.82, 2.24) is 4.31 Å². The van der Waals surface area contributed by atoms with Crippen LogP contribution in [0.5, 0.6) is 5.75 Å². The topological polar surface area (TPSA) is 82.1 Å². The molecular formula is C20H22FNO6S. The van der Waals surface area contributed by atoms with Crippen LogP contribution in [0.4, 0.5) is 4.39 Å². The number of methoxy groups -OCH3 is 1. The minimum absolute atomic E-state index is 0.0756. The molecule has 1 atom stereocenters. The summed E-state index contributed by atoms with van der Waals surface area (Å²) in [6.07, 6.45) is -0.635. The highest BCUT2D eigenvalue weighted by Crippen LogP contribution is 2.29. The molecule has 1 heterocycles. The maximum absolute atomic E-state index is 13.1. The standard InChI is InChI=1S/C20H22FNO6S/c1-14(15-3-6-17(21)7-4-15)28-20(23)16-5-8-18(26-2)19(13-16)29(24,25)22-9-11-27-12-10-22/h3-8,13-14H,9-12H2,1-2H3. The van der Waals surface area contributed by atoms with Gasteiger partial charge in [0.2, 0.25) is 10.0 Å². The maximum Gasteiger partial charge on any atom is 0.338 e. The molecule has 0 bridgehead atoms. The molecule has 7 nitrogen and oxygen atoms in total. The third kappa shape index (κ3) is 4.75. The van der Waals surface area contributed by atoms with Crippen LogP contribution in [-0.4, -0.2) is 52.1 Å². The molecule has 0 N–H and O–H groups in total. The summed E-state index contributed by atoms with van der Waals surface area (Å²) in [6, 6.07) is 9.72. The highest BCUT2D eigenvalue weighted by molar-refractivity contribution is 7.89. The summed E-state index contributed by atoms with van der Waals surface area (Å²) < 4.78 is 56.2. The Kier molecular flexibility index (Phi) is 6.51. The molecule has 2 aromatic rings. The van der Waals surface area contributed by atoms with Gasteiger partial charge in [-0.1, -0.05) is 12.1 Å². The van der Waals surface area contributed by atoms with Crippen LogP contribution in [-0.2, 0) is 19.5 Å². The van der Waals surface area contributed by atoms with E-state index in [0.717, 1.165) is 0 Å². The normalized spacial score (nSPS) is 16.2. The lowest BCUT2D eigenvalue weighted by Crippen LogP contribution is -2.40. The molecule has 1 unspecified atom stereocenters. The first-order valence-electron chi connectivity index (χ1n) is 9.05. The number of morpholine rings is 1. The number of carbonyl (C=O) groups excluding carboxylic acids is 1. The zero-order valence-corrected chi connectivity index (χ0v) is 16.9. The number of hydrogen-bond acceptors (Lipinski definition) is 6. The van der Waals surface area contributed by atoms with Crippen LogP contribution < -0.4 is 4.74 Å². The zero-order valence-electron chi connectivity index (χ0n) is 16.1. The molecule has 3 rings (SSSR count). The van der Waals surface area contributed by atoms with Gasteiger partial charge in [0.25, 0.3) is 0 Å². The molecule has 156 valence electrons. The van der Waals surface area contributed by atoms with E-state index in [2.05, 4.69) is 0 Å². The number of nitrogens with zero attached hydrogens (tertiary/aromatic N) is 1. The van der Waals surface area contributed by atoms with Gasteiger partial charge in [-0.05, 0) is 42.8 Å². The number of ether oxygens (including phenoxy) is 3. The van der Waals surface area contributed by atoms with Gasteiger partial charge in [-0.25, -0.2) is 17.6 Å². The van der Waals surface area contributed by atoms with Crippen LogP contribution in [0.3, 0.4) is 0 Å². The monoisotopic (exact) mass is 423 g/mol. The van der Waals surface area contributed by atoms with E-state index >= 15 is 0 Å². The summed E-state index contributed by atoms with van der Waals surface area (Å²) >= 11 is 0. The lowest BCUT2D eigenvalue weighted by Gasteiger charge is -2.26. The predicted octanol–water partition coefficient (Wildman–Crippen LogP) is 2.77. The zero-order chi connectivity index (χ0) is 21.0. The number of rotatable bonds is 6. The number of sulfonamides is 1. The molecule has 0 spiro atoms. The van der Waals surface area contributed by atoms with Gasteiger partial charge in [0.05, 0.1) is 25.9 Å². The Bertz CT molecular complexity index is 971. The Morgan fingerprint density at radius 2 is 1.79 bits per heavy atom. The van der Waals surface area contributed by atoms with E-state index < -0.39 is 22.1 Å². The first-order chi connectivity index (χ1) is 13.8. The molecule has 0 aromatic heterocycles. The van der Waals surface area contributed by atoms with E-state index in [1.807, 2.05) is 0 Å². The number of hydrogen-bond donors (Lipinski definition) is 0. The van der Waals surface area contributed by atoms with Gasteiger partial charge in [-0.15, -0.1) is 0 Å². The van der Waals surface area contributed by atoms with E-state index in [1.165, 1.54) is 53.9 Å². The van der Waals surface area contributed by atoms with Crippen LogP contribution in [0.25, 0.3) is 0 Å². The summed E-state index contributed by atoms with van der Waals surface area (Å²) in [4.78, 5) is 12.5. The molecule has 0 saturated carbocycles. The Balaban J connectivity index is 1.85. The van der Waals surface area contributed by atoms with Crippen molar-refractivity contribution in [2.24, 2.45) is 0 Å². The van der Waals surface area contributed by atoms with Crippen LogP contribution in [0.15, 0.2) is 47.4 Å². The first kappa shape index (κ1) is 21.2. The number of benzene rings is 2. The second kappa shape index (κ2) is 8.89. The molecule has 0 amide bonds. The van der Waals surface area contributed by atoms with Gasteiger partial charge in [0.15, 0.2) is 0 Å². The van der Waals surface area contributed by atoms with Crippen molar-refractivity contribution in [3.05, 3.63) is 59.4 Å². The molecule has 0 aliphatic carbocycles. The molecule has 1 aliphatic heterocycles. The number of halogens is 1. The Morgan fingerprint density at radius 1 is 1.14 bits per heavy atom. The van der Waals surface area contributed by atoms with Gasteiger partial charge < -0.3 is 14.2 Å². The SMILES string of the molecule is COc1ccc(C(=O)OC(C)c2ccc(F)cc2)cc1S(=O)(=O)N1CCOCC1. The summed E-state index contributed by atoms with van der Waals surface area (Å²) in [5, 5.41) is 0. The lowest BCUT2D eigenvalue weighted by molar-refractivity contribution is 0.0337. The number of esters is 1. The van der Waals surface area contributed by atoms with Gasteiger partial charge in [-0.2, -0.15) is 4.31 Å². The average molecular weight is 423 g/mol. The van der Waals surface area contributed by atoms with E-state index in [4.69, 9.17) is 14.2 Å². The van der Waals surface area contributed by atoms with Gasteiger partial charge in [0, 0.05) is 13.1 Å². The van der Waals surface area contributed by atoms with E-state index in [1.54, 1.807) is 6.92 Å². The fourth-order valence-corrected chi connectivity index (χ4v) is 4.55. The molecule has 1 aliphatic rings. The first-order valence-corrected chi connectivity index (χ1v) is 10.5. The highest BCUT2D eigenvalue weighted by atomic mass is 32.2. The fraction of sp³-hybridized carbons (Fsp3) is 0.350. The molecule has 2 aromatic carbocycles. The Labute approximate surface area is 169 Å². The van der Waals surface area contributed by atoms with Crippen molar-refractivity contribution in [1.29, 1.82) is 0 Å². The van der Waals surface area contributed by atoms with Crippen molar-refractivity contribution in [2.45, 2.75) is 17.9 Å². The molecule has 1 saturated heterocycles. The van der Waals surface area contributed by atoms with Gasteiger partial charge in [-0.3, -0.25) is 0 Å². The third-order valence-electron chi connectivity index (χ3n) is 4.61. The Hall–Kier alpha value is -2.49. The third-order valence-corrected chi connectivity index (χ3v) is 6.53. The summed E-state index contributed by atoms with van der Waals surface area (Å²) in [6.45, 7) is 2.71. The van der Waals surface area contributed by atoms with Crippen LogP contribution in [0.1, 0.15) is 28.9 Å². The summed E-state index contributed by atoms with van der Waals surface area (Å²) in [7, 11) is -2.50. The highest BCUT2D eigenvalue weighted by Gasteiger charge is 2.30. The fourth-order valence-electron chi connectivity index (χ4n) is 2.96. The van der Waals surface area contributed by atoms with E-state index in [-0.39, 0.29) is 35.1 Å². The average Bonchev–Trinajstić information content (AvgIpc) is 2.74. The predicted molar refractivity (Wildman–Crippen MR) is 103 cm³/mol. The van der Waals surface area contributed by atoms with E-state index in [0.29, 0.717) is 18.8 Å². The second-order valence-electron chi connectivity index (χ2n) is 6.48. The van der Waals surface area contributed by atoms with Crippen molar-refractivity contribution in [3.63, 3.8) is 0 Å². The number of carbonyl (C=O) groups is 1. The van der Waals surface area contributed by atoms with Crippen molar-refractivity contribution < 1.29 is 31.8 Å². The molecular weight excluding hydrogens is 401 g/mol. The minimum atomic E-state index is -3.87. The molecule has 1 fully saturated rings. The molecule has 29 heavy (non-hydrogen) atoms. The largest absolute Gasteiger partial charge is 0.495 e. The minimum Gasteiger partial charge on any atom is -0.495 e. The quantitative estimate of drug-likeness (QED) is 0.665. The van der Waals surface area contributed by atoms with Crippen molar-refractivity contribution >= 4 is 16.0 Å². The van der Waals surface area contributed by atoms with Crippen LogP contribution in [0, 0.1) is 5.82 Å². The molecule has 0 radical (unpaired) electrons. The summed E-state index contributed by atoms with van der Waals surface area (Å²) in [5.74, 6) is -0.942. The smallest absolute Gasteiger partial charge is 0.338 e. The van der Waals surface area contributed by atoms with Crippen molar-refractivity contribution in [3.8, 4) is 5.75 Å². The second-order valence-corrected chi connectivity index (χ2v) is 8.39. The lowest BCUT2D eigenvalue weighted by atomic mass is 10.1.